The molecule has 0 unspecified atom stereocenters. The first-order valence-corrected chi connectivity index (χ1v) is 13.3. The molecule has 1 aliphatic rings. The van der Waals surface area contributed by atoms with Crippen LogP contribution in [-0.2, 0) is 32.5 Å². The Hall–Kier alpha value is -2.82. The monoisotopic (exact) mass is 506 g/mol. The van der Waals surface area contributed by atoms with Crippen molar-refractivity contribution in [1.82, 2.24) is 9.44 Å². The molecule has 192 valence electrons. The van der Waals surface area contributed by atoms with Gasteiger partial charge < -0.3 is 18.9 Å². The van der Waals surface area contributed by atoms with Gasteiger partial charge in [0, 0.05) is 19.7 Å². The summed E-state index contributed by atoms with van der Waals surface area (Å²) < 4.78 is 50.0. The van der Waals surface area contributed by atoms with Crippen LogP contribution in [0.3, 0.4) is 0 Å². The summed E-state index contributed by atoms with van der Waals surface area (Å²) in [5.41, 5.74) is 1.97. The van der Waals surface area contributed by atoms with Crippen molar-refractivity contribution in [3.8, 4) is 11.5 Å². The third-order valence-electron chi connectivity index (χ3n) is 5.36. The summed E-state index contributed by atoms with van der Waals surface area (Å²) in [4.78, 5) is 11.9. The van der Waals surface area contributed by atoms with Crippen LogP contribution in [0.25, 0.3) is 0 Å². The van der Waals surface area contributed by atoms with Crippen molar-refractivity contribution in [2.45, 2.75) is 32.1 Å². The largest absolute Gasteiger partial charge is 0.493 e. The lowest BCUT2D eigenvalue weighted by Gasteiger charge is -2.14. The minimum atomic E-state index is -3.99. The Morgan fingerprint density at radius 2 is 1.80 bits per heavy atom. The van der Waals surface area contributed by atoms with Crippen molar-refractivity contribution < 1.29 is 32.2 Å². The molecule has 35 heavy (non-hydrogen) atoms. The first-order valence-electron chi connectivity index (χ1n) is 11.8. The highest BCUT2D eigenvalue weighted by Crippen LogP contribution is 2.32. The SMILES string of the molecule is COCCOc1ccc(CCCOC(=O)NS(=O)(=O)NCCc2ccccc2)c(OCC2CC2)c1. The van der Waals surface area contributed by atoms with Crippen molar-refractivity contribution in [3.05, 3.63) is 59.7 Å². The van der Waals surface area contributed by atoms with Gasteiger partial charge in [0.25, 0.3) is 0 Å². The van der Waals surface area contributed by atoms with Crippen LogP contribution in [0.5, 0.6) is 11.5 Å². The van der Waals surface area contributed by atoms with Crippen molar-refractivity contribution in [2.75, 3.05) is 40.1 Å². The van der Waals surface area contributed by atoms with Gasteiger partial charge in [-0.3, -0.25) is 0 Å². The standard InChI is InChI=1S/C25H34N2O7S/c1-31-16-17-32-23-12-11-22(24(18-23)34-19-21-9-10-21)8-5-15-33-25(28)27-35(29,30)26-14-13-20-6-3-2-4-7-20/h2-4,6-7,11-12,18,21,26H,5,8-10,13-17,19H2,1H3,(H,27,28). The third-order valence-corrected chi connectivity index (χ3v) is 6.38. The molecule has 2 aromatic rings. The summed E-state index contributed by atoms with van der Waals surface area (Å²) in [5, 5.41) is 0. The number of methoxy groups -OCH3 is 1. The lowest BCUT2D eigenvalue weighted by Crippen LogP contribution is -2.41. The molecule has 9 nitrogen and oxygen atoms in total. The highest BCUT2D eigenvalue weighted by Gasteiger charge is 2.22. The molecular weight excluding hydrogens is 472 g/mol. The van der Waals surface area contributed by atoms with Gasteiger partial charge in [0.15, 0.2) is 0 Å². The van der Waals surface area contributed by atoms with Crippen LogP contribution < -0.4 is 18.9 Å². The Bertz CT molecular complexity index is 1030. The maximum absolute atomic E-state index is 12.0. The third kappa shape index (κ3) is 10.5. The molecule has 1 aliphatic carbocycles. The van der Waals surface area contributed by atoms with Gasteiger partial charge in [-0.25, -0.2) is 9.52 Å². The van der Waals surface area contributed by atoms with Crippen LogP contribution in [-0.4, -0.2) is 54.6 Å². The number of aryl methyl sites for hydroxylation is 1. The maximum Gasteiger partial charge on any atom is 0.421 e. The summed E-state index contributed by atoms with van der Waals surface area (Å²) in [5.74, 6) is 2.06. The van der Waals surface area contributed by atoms with E-state index in [0.717, 1.165) is 16.9 Å². The van der Waals surface area contributed by atoms with E-state index >= 15 is 0 Å². The van der Waals surface area contributed by atoms with Crippen molar-refractivity contribution in [2.24, 2.45) is 5.92 Å². The van der Waals surface area contributed by atoms with E-state index in [2.05, 4.69) is 4.72 Å². The van der Waals surface area contributed by atoms with Crippen LogP contribution in [0.4, 0.5) is 4.79 Å². The second kappa shape index (κ2) is 13.9. The van der Waals surface area contributed by atoms with Crippen LogP contribution in [0.2, 0.25) is 0 Å². The van der Waals surface area contributed by atoms with E-state index in [0.29, 0.717) is 50.8 Å². The highest BCUT2D eigenvalue weighted by molar-refractivity contribution is 7.88. The Kier molecular flexibility index (Phi) is 10.6. The topological polar surface area (TPSA) is 112 Å². The molecule has 1 fully saturated rings. The van der Waals surface area contributed by atoms with Gasteiger partial charge in [-0.2, -0.15) is 13.1 Å². The van der Waals surface area contributed by atoms with Gasteiger partial charge in [0.1, 0.15) is 18.1 Å². The Balaban J connectivity index is 1.39. The molecule has 0 aromatic heterocycles. The molecule has 2 aromatic carbocycles. The zero-order valence-electron chi connectivity index (χ0n) is 20.0. The zero-order chi connectivity index (χ0) is 24.9. The number of hydrogen-bond acceptors (Lipinski definition) is 7. The molecule has 1 amide bonds. The van der Waals surface area contributed by atoms with Crippen molar-refractivity contribution in [1.29, 1.82) is 0 Å². The molecule has 0 saturated heterocycles. The van der Waals surface area contributed by atoms with E-state index in [9.17, 15) is 13.2 Å². The Morgan fingerprint density at radius 3 is 2.54 bits per heavy atom. The van der Waals surface area contributed by atoms with E-state index in [4.69, 9.17) is 18.9 Å². The van der Waals surface area contributed by atoms with Crippen LogP contribution in [0, 0.1) is 5.92 Å². The zero-order valence-corrected chi connectivity index (χ0v) is 20.8. The molecule has 10 heteroatoms. The number of hydrogen-bond donors (Lipinski definition) is 2. The number of rotatable bonds is 16. The predicted octanol–water partition coefficient (Wildman–Crippen LogP) is 3.24. The summed E-state index contributed by atoms with van der Waals surface area (Å²) >= 11 is 0. The molecule has 0 radical (unpaired) electrons. The molecule has 0 aliphatic heterocycles. The maximum atomic E-state index is 12.0. The fourth-order valence-corrected chi connectivity index (χ4v) is 4.00. The van der Waals surface area contributed by atoms with Gasteiger partial charge in [-0.1, -0.05) is 36.4 Å². The second-order valence-electron chi connectivity index (χ2n) is 8.34. The summed E-state index contributed by atoms with van der Waals surface area (Å²) in [7, 11) is -2.37. The van der Waals surface area contributed by atoms with Gasteiger partial charge in [0.2, 0.25) is 0 Å². The average molecular weight is 507 g/mol. The highest BCUT2D eigenvalue weighted by atomic mass is 32.2. The normalized spacial score (nSPS) is 13.3. The lowest BCUT2D eigenvalue weighted by molar-refractivity contribution is 0.146. The Labute approximate surface area is 207 Å². The van der Waals surface area contributed by atoms with Gasteiger partial charge >= 0.3 is 16.3 Å². The van der Waals surface area contributed by atoms with Gasteiger partial charge in [-0.15, -0.1) is 0 Å². The van der Waals surface area contributed by atoms with Crippen molar-refractivity contribution >= 4 is 16.3 Å². The number of nitrogens with one attached hydrogen (secondary N) is 2. The van der Waals surface area contributed by atoms with E-state index in [-0.39, 0.29) is 13.2 Å². The van der Waals surface area contributed by atoms with Crippen LogP contribution in [0.1, 0.15) is 30.4 Å². The van der Waals surface area contributed by atoms with Crippen molar-refractivity contribution in [3.63, 3.8) is 0 Å². The van der Waals surface area contributed by atoms with E-state index in [1.807, 2.05) is 53.3 Å². The van der Waals surface area contributed by atoms with Crippen LogP contribution >= 0.6 is 0 Å². The summed E-state index contributed by atoms with van der Waals surface area (Å²) in [6, 6.07) is 15.1. The summed E-state index contributed by atoms with van der Waals surface area (Å²) in [6.07, 6.45) is 2.99. The second-order valence-corrected chi connectivity index (χ2v) is 9.84. The fraction of sp³-hybridized carbons (Fsp3) is 0.480. The van der Waals surface area contributed by atoms with E-state index in [1.54, 1.807) is 7.11 Å². The number of carbonyl (C=O) groups excluding carboxylic acids is 1. The van der Waals surface area contributed by atoms with Crippen LogP contribution in [0.15, 0.2) is 48.5 Å². The molecule has 0 spiro atoms. The molecule has 0 bridgehead atoms. The number of carbonyl (C=O) groups is 1. The quantitative estimate of drug-likeness (QED) is 0.336. The van der Waals surface area contributed by atoms with E-state index in [1.165, 1.54) is 12.8 Å². The number of ether oxygens (including phenoxy) is 4. The molecule has 0 atom stereocenters. The predicted molar refractivity (Wildman–Crippen MR) is 132 cm³/mol. The van der Waals surface area contributed by atoms with Gasteiger partial charge in [0.05, 0.1) is 19.8 Å². The molecule has 3 rings (SSSR count). The fourth-order valence-electron chi connectivity index (χ4n) is 3.28. The minimum Gasteiger partial charge on any atom is -0.493 e. The van der Waals surface area contributed by atoms with Gasteiger partial charge in [-0.05, 0) is 55.2 Å². The lowest BCUT2D eigenvalue weighted by atomic mass is 10.1. The molecular formula is C25H34N2O7S. The van der Waals surface area contributed by atoms with E-state index < -0.39 is 16.3 Å². The molecule has 0 heterocycles. The molecule has 2 N–H and O–H groups in total. The minimum absolute atomic E-state index is 0.0690. The number of benzene rings is 2. The first kappa shape index (κ1) is 26.8. The number of amides is 1. The smallest absolute Gasteiger partial charge is 0.421 e. The Morgan fingerprint density at radius 1 is 1.00 bits per heavy atom. The average Bonchev–Trinajstić information content (AvgIpc) is 3.66. The molecule has 1 saturated carbocycles. The summed E-state index contributed by atoms with van der Waals surface area (Å²) in [6.45, 7) is 1.85. The first-order chi connectivity index (χ1) is 16.9.